The van der Waals surface area contributed by atoms with Gasteiger partial charge in [-0.2, -0.15) is 0 Å². The smallest absolute Gasteiger partial charge is 0.0488 e. The number of benzene rings is 1. The maximum atomic E-state index is 5.68. The van der Waals surface area contributed by atoms with E-state index in [2.05, 4.69) is 35.9 Å². The number of aryl methyl sites for hydroxylation is 2. The molecule has 0 fully saturated rings. The maximum absolute atomic E-state index is 5.68. The van der Waals surface area contributed by atoms with Crippen LogP contribution in [0.3, 0.4) is 0 Å². The Bertz CT molecular complexity index is 610. The molecular formula is C16H23N3. The van der Waals surface area contributed by atoms with Gasteiger partial charge in [-0.1, -0.05) is 0 Å². The average Bonchev–Trinajstić information content (AvgIpc) is 2.96. The van der Waals surface area contributed by atoms with Crippen molar-refractivity contribution < 1.29 is 0 Å². The third kappa shape index (κ3) is 1.97. The topological polar surface area (TPSA) is 43.0 Å². The van der Waals surface area contributed by atoms with Gasteiger partial charge >= 0.3 is 0 Å². The van der Waals surface area contributed by atoms with Crippen LogP contribution in [0.15, 0.2) is 12.1 Å². The standard InChI is InChI=1S/C16H23N3/c1-3-19-11(2)14(5-4-6-17)15-7-12-9-18-10-13(12)8-16(15)19/h7-8,18H,3-6,9-10,17H2,1-2H3. The Morgan fingerprint density at radius 3 is 2.68 bits per heavy atom. The first-order chi connectivity index (χ1) is 9.26. The quantitative estimate of drug-likeness (QED) is 0.883. The van der Waals surface area contributed by atoms with E-state index in [-0.39, 0.29) is 0 Å². The summed E-state index contributed by atoms with van der Waals surface area (Å²) in [5, 5.41) is 4.88. The van der Waals surface area contributed by atoms with Crippen molar-refractivity contribution in [3.8, 4) is 0 Å². The molecule has 3 heteroatoms. The average molecular weight is 257 g/mol. The summed E-state index contributed by atoms with van der Waals surface area (Å²) in [6.07, 6.45) is 2.16. The van der Waals surface area contributed by atoms with Gasteiger partial charge in [-0.25, -0.2) is 0 Å². The molecule has 3 nitrogen and oxygen atoms in total. The van der Waals surface area contributed by atoms with E-state index < -0.39 is 0 Å². The summed E-state index contributed by atoms with van der Waals surface area (Å²) in [4.78, 5) is 0. The summed E-state index contributed by atoms with van der Waals surface area (Å²) >= 11 is 0. The molecule has 1 aliphatic rings. The molecule has 0 saturated heterocycles. The lowest BCUT2D eigenvalue weighted by Gasteiger charge is -2.05. The first-order valence-corrected chi connectivity index (χ1v) is 7.30. The zero-order valence-electron chi connectivity index (χ0n) is 11.9. The Balaban J connectivity index is 2.20. The van der Waals surface area contributed by atoms with E-state index in [0.717, 1.165) is 39.0 Å². The predicted molar refractivity (Wildman–Crippen MR) is 80.3 cm³/mol. The number of fused-ring (bicyclic) bond motifs is 2. The van der Waals surface area contributed by atoms with E-state index >= 15 is 0 Å². The van der Waals surface area contributed by atoms with Crippen molar-refractivity contribution in [2.24, 2.45) is 5.73 Å². The van der Waals surface area contributed by atoms with Crippen LogP contribution in [0.25, 0.3) is 10.9 Å². The van der Waals surface area contributed by atoms with Crippen LogP contribution in [-0.4, -0.2) is 11.1 Å². The number of nitrogens with zero attached hydrogens (tertiary/aromatic N) is 1. The molecular weight excluding hydrogens is 234 g/mol. The molecule has 0 bridgehead atoms. The first-order valence-electron chi connectivity index (χ1n) is 7.30. The second kappa shape index (κ2) is 4.99. The third-order valence-electron chi connectivity index (χ3n) is 4.35. The fraction of sp³-hybridized carbons (Fsp3) is 0.500. The van der Waals surface area contributed by atoms with E-state index in [0.29, 0.717) is 0 Å². The number of rotatable bonds is 4. The van der Waals surface area contributed by atoms with Crippen LogP contribution in [0.4, 0.5) is 0 Å². The number of nitrogens with two attached hydrogens (primary N) is 1. The summed E-state index contributed by atoms with van der Waals surface area (Å²) in [7, 11) is 0. The van der Waals surface area contributed by atoms with Gasteiger partial charge in [0.1, 0.15) is 0 Å². The Labute approximate surface area is 114 Å². The van der Waals surface area contributed by atoms with E-state index in [1.54, 1.807) is 0 Å². The van der Waals surface area contributed by atoms with Crippen molar-refractivity contribution in [2.75, 3.05) is 6.54 Å². The highest BCUT2D eigenvalue weighted by Gasteiger charge is 2.17. The fourth-order valence-corrected chi connectivity index (χ4v) is 3.34. The molecule has 3 rings (SSSR count). The second-order valence-corrected chi connectivity index (χ2v) is 5.44. The van der Waals surface area contributed by atoms with Crippen molar-refractivity contribution in [1.29, 1.82) is 0 Å². The highest BCUT2D eigenvalue weighted by molar-refractivity contribution is 5.87. The third-order valence-corrected chi connectivity index (χ3v) is 4.35. The van der Waals surface area contributed by atoms with Crippen molar-refractivity contribution in [3.63, 3.8) is 0 Å². The Morgan fingerprint density at radius 2 is 2.00 bits per heavy atom. The van der Waals surface area contributed by atoms with Crippen LogP contribution in [0, 0.1) is 6.92 Å². The van der Waals surface area contributed by atoms with Gasteiger partial charge in [-0.3, -0.25) is 0 Å². The zero-order chi connectivity index (χ0) is 13.4. The summed E-state index contributed by atoms with van der Waals surface area (Å²) in [5.74, 6) is 0. The monoisotopic (exact) mass is 257 g/mol. The SMILES string of the molecule is CCn1c(C)c(CCCN)c2cc3c(cc21)CNC3. The lowest BCUT2D eigenvalue weighted by atomic mass is 10.0. The number of nitrogens with one attached hydrogen (secondary N) is 1. The van der Waals surface area contributed by atoms with Crippen molar-refractivity contribution in [1.82, 2.24) is 9.88 Å². The van der Waals surface area contributed by atoms with Crippen LogP contribution < -0.4 is 11.1 Å². The van der Waals surface area contributed by atoms with Crippen LogP contribution in [0.1, 0.15) is 35.7 Å². The summed E-state index contributed by atoms with van der Waals surface area (Å²) in [6, 6.07) is 4.78. The van der Waals surface area contributed by atoms with Crippen LogP contribution in [0.2, 0.25) is 0 Å². The molecule has 0 amide bonds. The van der Waals surface area contributed by atoms with Gasteiger partial charge in [0.25, 0.3) is 0 Å². The highest BCUT2D eigenvalue weighted by atomic mass is 15.0. The molecule has 1 aromatic carbocycles. The lowest BCUT2D eigenvalue weighted by Crippen LogP contribution is -2.02. The summed E-state index contributed by atoms with van der Waals surface area (Å²) < 4.78 is 2.44. The van der Waals surface area contributed by atoms with E-state index in [1.165, 1.54) is 33.3 Å². The normalized spacial score (nSPS) is 14.3. The number of aromatic nitrogens is 1. The Kier molecular flexibility index (Phi) is 3.33. The van der Waals surface area contributed by atoms with Crippen molar-refractivity contribution >= 4 is 10.9 Å². The van der Waals surface area contributed by atoms with Gasteiger partial charge in [0.05, 0.1) is 0 Å². The molecule has 0 spiro atoms. The second-order valence-electron chi connectivity index (χ2n) is 5.44. The maximum Gasteiger partial charge on any atom is 0.0488 e. The molecule has 1 aliphatic heterocycles. The molecule has 0 radical (unpaired) electrons. The van der Waals surface area contributed by atoms with E-state index in [1.807, 2.05) is 0 Å². The van der Waals surface area contributed by atoms with Crippen molar-refractivity contribution in [3.05, 3.63) is 34.5 Å². The Morgan fingerprint density at radius 1 is 1.26 bits per heavy atom. The first kappa shape index (κ1) is 12.7. The summed E-state index contributed by atoms with van der Waals surface area (Å²) in [5.41, 5.74) is 12.9. The molecule has 102 valence electrons. The van der Waals surface area contributed by atoms with E-state index in [9.17, 15) is 0 Å². The predicted octanol–water partition coefficient (Wildman–Crippen LogP) is 2.46. The molecule has 19 heavy (non-hydrogen) atoms. The molecule has 2 aromatic rings. The molecule has 3 N–H and O–H groups in total. The molecule has 0 unspecified atom stereocenters. The van der Waals surface area contributed by atoms with Crippen LogP contribution in [0.5, 0.6) is 0 Å². The minimum absolute atomic E-state index is 0.769. The van der Waals surface area contributed by atoms with Gasteiger partial charge in [0, 0.05) is 36.2 Å². The van der Waals surface area contributed by atoms with Gasteiger partial charge < -0.3 is 15.6 Å². The highest BCUT2D eigenvalue weighted by Crippen LogP contribution is 2.31. The summed E-state index contributed by atoms with van der Waals surface area (Å²) in [6.45, 7) is 8.31. The minimum atomic E-state index is 0.769. The van der Waals surface area contributed by atoms with E-state index in [4.69, 9.17) is 5.73 Å². The largest absolute Gasteiger partial charge is 0.345 e. The molecule has 2 heterocycles. The van der Waals surface area contributed by atoms with Crippen molar-refractivity contribution in [2.45, 2.75) is 46.3 Å². The number of hydrogen-bond donors (Lipinski definition) is 2. The lowest BCUT2D eigenvalue weighted by molar-refractivity contribution is 0.750. The molecule has 1 aromatic heterocycles. The van der Waals surface area contributed by atoms with Crippen LogP contribution >= 0.6 is 0 Å². The van der Waals surface area contributed by atoms with Crippen LogP contribution in [-0.2, 0) is 26.1 Å². The molecule has 0 atom stereocenters. The van der Waals surface area contributed by atoms with Gasteiger partial charge in [-0.05, 0) is 62.1 Å². The molecule has 0 saturated carbocycles. The Hall–Kier alpha value is -1.32. The zero-order valence-corrected chi connectivity index (χ0v) is 11.9. The van der Waals surface area contributed by atoms with Gasteiger partial charge in [0.15, 0.2) is 0 Å². The number of hydrogen-bond acceptors (Lipinski definition) is 2. The molecule has 0 aliphatic carbocycles. The van der Waals surface area contributed by atoms with Gasteiger partial charge in [-0.15, -0.1) is 0 Å². The van der Waals surface area contributed by atoms with Gasteiger partial charge in [0.2, 0.25) is 0 Å². The fourth-order valence-electron chi connectivity index (χ4n) is 3.34. The minimum Gasteiger partial charge on any atom is -0.345 e.